The predicted octanol–water partition coefficient (Wildman–Crippen LogP) is 4.28. The van der Waals surface area contributed by atoms with Gasteiger partial charge in [0.15, 0.2) is 0 Å². The molecule has 30 heavy (non-hydrogen) atoms. The molecule has 8 nitrogen and oxygen atoms in total. The number of amides is 2. The number of rotatable bonds is 5. The largest absolute Gasteiger partial charge is 0.354 e. The molecular formula is C22H21N7O. The SMILES string of the molecule is CCNC(=O)Nc1cc2c(-c3ccncn3)ccc(Nc3ccc(C)nc3)c2cn1. The number of carbonyl (C=O) groups is 1. The van der Waals surface area contributed by atoms with E-state index in [-0.39, 0.29) is 6.03 Å². The second-order valence-electron chi connectivity index (χ2n) is 6.67. The van der Waals surface area contributed by atoms with Gasteiger partial charge >= 0.3 is 6.03 Å². The van der Waals surface area contributed by atoms with E-state index in [1.807, 2.05) is 50.2 Å². The normalized spacial score (nSPS) is 10.6. The van der Waals surface area contributed by atoms with Crippen molar-refractivity contribution >= 4 is 34.0 Å². The minimum absolute atomic E-state index is 0.298. The van der Waals surface area contributed by atoms with Crippen molar-refractivity contribution in [3.63, 3.8) is 0 Å². The third kappa shape index (κ3) is 4.17. The van der Waals surface area contributed by atoms with Gasteiger partial charge in [0.05, 0.1) is 17.6 Å². The monoisotopic (exact) mass is 399 g/mol. The Morgan fingerprint density at radius 1 is 1.00 bits per heavy atom. The van der Waals surface area contributed by atoms with E-state index in [0.717, 1.165) is 39.1 Å². The lowest BCUT2D eigenvalue weighted by atomic mass is 10.0. The molecule has 0 aliphatic rings. The summed E-state index contributed by atoms with van der Waals surface area (Å²) in [7, 11) is 0. The number of nitrogens with one attached hydrogen (secondary N) is 3. The maximum Gasteiger partial charge on any atom is 0.320 e. The maximum absolute atomic E-state index is 11.9. The van der Waals surface area contributed by atoms with Crippen LogP contribution in [0.2, 0.25) is 0 Å². The van der Waals surface area contributed by atoms with Gasteiger partial charge in [0, 0.05) is 41.3 Å². The lowest BCUT2D eigenvalue weighted by Crippen LogP contribution is -2.28. The maximum atomic E-state index is 11.9. The van der Waals surface area contributed by atoms with Crippen LogP contribution in [0.15, 0.2) is 61.3 Å². The molecule has 150 valence electrons. The summed E-state index contributed by atoms with van der Waals surface area (Å²) in [5.41, 5.74) is 4.41. The zero-order valence-electron chi connectivity index (χ0n) is 16.7. The van der Waals surface area contributed by atoms with Gasteiger partial charge in [-0.05, 0) is 49.6 Å². The van der Waals surface area contributed by atoms with Crippen LogP contribution in [0, 0.1) is 6.92 Å². The van der Waals surface area contributed by atoms with Gasteiger partial charge in [-0.1, -0.05) is 6.07 Å². The molecule has 0 spiro atoms. The van der Waals surface area contributed by atoms with E-state index in [1.165, 1.54) is 6.33 Å². The molecule has 0 radical (unpaired) electrons. The van der Waals surface area contributed by atoms with E-state index in [0.29, 0.717) is 12.4 Å². The first-order valence-electron chi connectivity index (χ1n) is 9.57. The van der Waals surface area contributed by atoms with E-state index in [2.05, 4.69) is 35.9 Å². The van der Waals surface area contributed by atoms with Crippen molar-refractivity contribution in [1.82, 2.24) is 25.3 Å². The Balaban J connectivity index is 1.80. The zero-order chi connectivity index (χ0) is 20.9. The van der Waals surface area contributed by atoms with E-state index in [9.17, 15) is 4.79 Å². The van der Waals surface area contributed by atoms with Gasteiger partial charge in [0.2, 0.25) is 0 Å². The summed E-state index contributed by atoms with van der Waals surface area (Å²) < 4.78 is 0. The van der Waals surface area contributed by atoms with Gasteiger partial charge in [-0.2, -0.15) is 0 Å². The highest BCUT2D eigenvalue weighted by atomic mass is 16.2. The number of aryl methyl sites for hydroxylation is 1. The van der Waals surface area contributed by atoms with Crippen LogP contribution >= 0.6 is 0 Å². The highest BCUT2D eigenvalue weighted by molar-refractivity contribution is 6.05. The molecule has 3 N–H and O–H groups in total. The van der Waals surface area contributed by atoms with Crippen molar-refractivity contribution in [3.8, 4) is 11.3 Å². The Hall–Kier alpha value is -4.07. The molecule has 0 atom stereocenters. The van der Waals surface area contributed by atoms with Crippen molar-refractivity contribution < 1.29 is 4.79 Å². The van der Waals surface area contributed by atoms with Gasteiger partial charge < -0.3 is 10.6 Å². The minimum Gasteiger partial charge on any atom is -0.354 e. The number of urea groups is 1. The van der Waals surface area contributed by atoms with Gasteiger partial charge in [-0.25, -0.2) is 19.7 Å². The molecule has 1 aromatic carbocycles. The summed E-state index contributed by atoms with van der Waals surface area (Å²) in [5.74, 6) is 0.456. The molecule has 3 heterocycles. The summed E-state index contributed by atoms with van der Waals surface area (Å²) in [4.78, 5) is 29.1. The summed E-state index contributed by atoms with van der Waals surface area (Å²) in [5, 5.41) is 10.7. The Kier molecular flexibility index (Phi) is 5.47. The Labute approximate surface area is 173 Å². The van der Waals surface area contributed by atoms with Crippen LogP contribution in [0.1, 0.15) is 12.6 Å². The van der Waals surface area contributed by atoms with Crippen molar-refractivity contribution in [2.45, 2.75) is 13.8 Å². The van der Waals surface area contributed by atoms with E-state index in [4.69, 9.17) is 0 Å². The lowest BCUT2D eigenvalue weighted by Gasteiger charge is -2.14. The van der Waals surface area contributed by atoms with E-state index in [1.54, 1.807) is 18.6 Å². The second-order valence-corrected chi connectivity index (χ2v) is 6.67. The number of carbonyl (C=O) groups excluding carboxylic acids is 1. The molecule has 0 unspecified atom stereocenters. The molecule has 2 amide bonds. The highest BCUT2D eigenvalue weighted by Gasteiger charge is 2.12. The molecule has 0 fully saturated rings. The standard InChI is InChI=1S/C22H21N7O/c1-3-24-22(30)29-21-10-17-16(19-8-9-23-13-27-19)6-7-20(18(17)12-26-21)28-15-5-4-14(2)25-11-15/h4-13,28H,3H2,1-2H3,(H2,24,26,29,30). The summed E-state index contributed by atoms with van der Waals surface area (Å²) in [6, 6.07) is 11.3. The van der Waals surface area contributed by atoms with Crippen LogP contribution in [0.5, 0.6) is 0 Å². The molecule has 4 rings (SSSR count). The predicted molar refractivity (Wildman–Crippen MR) is 118 cm³/mol. The van der Waals surface area contributed by atoms with Crippen molar-refractivity contribution in [3.05, 3.63) is 67.0 Å². The molecule has 0 bridgehead atoms. The van der Waals surface area contributed by atoms with Crippen molar-refractivity contribution in [2.24, 2.45) is 0 Å². The number of hydrogen-bond acceptors (Lipinski definition) is 6. The first-order chi connectivity index (χ1) is 14.6. The topological polar surface area (TPSA) is 105 Å². The summed E-state index contributed by atoms with van der Waals surface area (Å²) in [6.45, 7) is 4.34. The molecule has 0 aliphatic carbocycles. The van der Waals surface area contributed by atoms with Crippen molar-refractivity contribution in [1.29, 1.82) is 0 Å². The minimum atomic E-state index is -0.298. The Bertz CT molecular complexity index is 1180. The van der Waals surface area contributed by atoms with Crippen LogP contribution in [0.3, 0.4) is 0 Å². The number of benzene rings is 1. The lowest BCUT2D eigenvalue weighted by molar-refractivity contribution is 0.252. The van der Waals surface area contributed by atoms with Gasteiger partial charge in [-0.3, -0.25) is 10.3 Å². The third-order valence-electron chi connectivity index (χ3n) is 4.53. The van der Waals surface area contributed by atoms with E-state index < -0.39 is 0 Å². The first kappa shape index (κ1) is 19.3. The van der Waals surface area contributed by atoms with Crippen LogP contribution in [0.25, 0.3) is 22.0 Å². The molecular weight excluding hydrogens is 378 g/mol. The molecule has 0 aliphatic heterocycles. The quantitative estimate of drug-likeness (QED) is 0.463. The first-order valence-corrected chi connectivity index (χ1v) is 9.57. The number of pyridine rings is 2. The second kappa shape index (κ2) is 8.52. The van der Waals surface area contributed by atoms with Crippen LogP contribution < -0.4 is 16.0 Å². The average Bonchev–Trinajstić information content (AvgIpc) is 2.76. The zero-order valence-corrected chi connectivity index (χ0v) is 16.7. The molecule has 0 saturated heterocycles. The molecule has 0 saturated carbocycles. The van der Waals surface area contributed by atoms with Crippen LogP contribution in [-0.4, -0.2) is 32.5 Å². The smallest absolute Gasteiger partial charge is 0.320 e. The molecule has 3 aromatic heterocycles. The summed E-state index contributed by atoms with van der Waals surface area (Å²) >= 11 is 0. The fourth-order valence-electron chi connectivity index (χ4n) is 3.11. The van der Waals surface area contributed by atoms with Gasteiger partial charge in [0.25, 0.3) is 0 Å². The number of nitrogens with zero attached hydrogens (tertiary/aromatic N) is 4. The Morgan fingerprint density at radius 3 is 2.63 bits per heavy atom. The Morgan fingerprint density at radius 2 is 1.90 bits per heavy atom. The third-order valence-corrected chi connectivity index (χ3v) is 4.53. The van der Waals surface area contributed by atoms with Crippen LogP contribution in [-0.2, 0) is 0 Å². The van der Waals surface area contributed by atoms with Gasteiger partial charge in [-0.15, -0.1) is 0 Å². The van der Waals surface area contributed by atoms with Crippen molar-refractivity contribution in [2.75, 3.05) is 17.2 Å². The average molecular weight is 399 g/mol. The number of hydrogen-bond donors (Lipinski definition) is 3. The highest BCUT2D eigenvalue weighted by Crippen LogP contribution is 2.34. The van der Waals surface area contributed by atoms with Crippen LogP contribution in [0.4, 0.5) is 22.0 Å². The summed E-state index contributed by atoms with van der Waals surface area (Å²) in [6.07, 6.45) is 6.75. The van der Waals surface area contributed by atoms with Gasteiger partial charge in [0.1, 0.15) is 12.1 Å². The molecule has 4 aromatic rings. The fourth-order valence-corrected chi connectivity index (χ4v) is 3.11. The fraction of sp³-hybridized carbons (Fsp3) is 0.136. The number of anilines is 3. The number of fused-ring (bicyclic) bond motifs is 1. The van der Waals surface area contributed by atoms with E-state index >= 15 is 0 Å². The molecule has 8 heteroatoms. The number of aromatic nitrogens is 4.